The SMILES string of the molecule is Cc1nc(Cl)c(Cl)n1CC(=O)Nc1cc(-c2ccccn2)nn1C. The highest BCUT2D eigenvalue weighted by atomic mass is 35.5. The molecular weight excluding hydrogens is 351 g/mol. The minimum absolute atomic E-state index is 0.00842. The monoisotopic (exact) mass is 364 g/mol. The summed E-state index contributed by atoms with van der Waals surface area (Å²) in [6, 6.07) is 7.32. The van der Waals surface area contributed by atoms with Gasteiger partial charge in [-0.05, 0) is 19.1 Å². The van der Waals surface area contributed by atoms with Crippen molar-refractivity contribution in [2.45, 2.75) is 13.5 Å². The van der Waals surface area contributed by atoms with Gasteiger partial charge in [0, 0.05) is 19.3 Å². The van der Waals surface area contributed by atoms with Gasteiger partial charge in [0.25, 0.3) is 0 Å². The van der Waals surface area contributed by atoms with E-state index in [4.69, 9.17) is 23.2 Å². The van der Waals surface area contributed by atoms with Crippen LogP contribution in [0.2, 0.25) is 10.3 Å². The third-order valence-electron chi connectivity index (χ3n) is 3.43. The van der Waals surface area contributed by atoms with Crippen molar-refractivity contribution in [3.63, 3.8) is 0 Å². The number of carbonyl (C=O) groups excluding carboxylic acids is 1. The molecule has 0 spiro atoms. The van der Waals surface area contributed by atoms with E-state index in [0.717, 1.165) is 5.69 Å². The molecule has 0 aliphatic carbocycles. The van der Waals surface area contributed by atoms with E-state index >= 15 is 0 Å². The van der Waals surface area contributed by atoms with Crippen molar-refractivity contribution in [2.24, 2.45) is 7.05 Å². The molecule has 3 rings (SSSR count). The second-order valence-corrected chi connectivity index (χ2v) is 5.84. The summed E-state index contributed by atoms with van der Waals surface area (Å²) in [5.74, 6) is 0.865. The van der Waals surface area contributed by atoms with E-state index in [1.165, 1.54) is 4.57 Å². The molecule has 3 aromatic heterocycles. The van der Waals surface area contributed by atoms with Gasteiger partial charge in [-0.15, -0.1) is 0 Å². The lowest BCUT2D eigenvalue weighted by atomic mass is 10.3. The molecule has 0 aliphatic rings. The van der Waals surface area contributed by atoms with Crippen molar-refractivity contribution in [1.29, 1.82) is 0 Å². The van der Waals surface area contributed by atoms with Crippen LogP contribution in [0.5, 0.6) is 0 Å². The average molecular weight is 365 g/mol. The molecule has 0 saturated carbocycles. The van der Waals surface area contributed by atoms with Crippen LogP contribution in [-0.2, 0) is 18.4 Å². The van der Waals surface area contributed by atoms with Crippen LogP contribution in [0.3, 0.4) is 0 Å². The topological polar surface area (TPSA) is 77.6 Å². The maximum absolute atomic E-state index is 12.3. The summed E-state index contributed by atoms with van der Waals surface area (Å²) < 4.78 is 3.12. The van der Waals surface area contributed by atoms with Crippen molar-refractivity contribution in [1.82, 2.24) is 24.3 Å². The number of halogens is 2. The Morgan fingerprint density at radius 1 is 1.29 bits per heavy atom. The van der Waals surface area contributed by atoms with Crippen molar-refractivity contribution in [2.75, 3.05) is 5.32 Å². The van der Waals surface area contributed by atoms with Crippen molar-refractivity contribution >= 4 is 34.9 Å². The fraction of sp³-hybridized carbons (Fsp3) is 0.200. The Morgan fingerprint density at radius 3 is 2.71 bits per heavy atom. The number of nitrogens with one attached hydrogen (secondary N) is 1. The number of hydrogen-bond acceptors (Lipinski definition) is 4. The molecule has 0 bridgehead atoms. The molecule has 1 amide bonds. The third kappa shape index (κ3) is 3.27. The molecular formula is C15H14Cl2N6O. The molecule has 7 nitrogen and oxygen atoms in total. The molecule has 0 saturated heterocycles. The Bertz CT molecular complexity index is 887. The first-order valence-electron chi connectivity index (χ1n) is 7.09. The molecule has 0 unspecified atom stereocenters. The second kappa shape index (κ2) is 6.62. The quantitative estimate of drug-likeness (QED) is 0.771. The van der Waals surface area contributed by atoms with E-state index in [1.54, 1.807) is 30.9 Å². The maximum atomic E-state index is 12.3. The molecule has 0 radical (unpaired) electrons. The highest BCUT2D eigenvalue weighted by Gasteiger charge is 2.16. The Balaban J connectivity index is 1.76. The van der Waals surface area contributed by atoms with Gasteiger partial charge in [0.2, 0.25) is 5.91 Å². The van der Waals surface area contributed by atoms with Crippen LogP contribution in [0.15, 0.2) is 30.5 Å². The molecule has 124 valence electrons. The van der Waals surface area contributed by atoms with Crippen LogP contribution < -0.4 is 5.32 Å². The number of pyridine rings is 1. The molecule has 0 aliphatic heterocycles. The molecule has 9 heteroatoms. The van der Waals surface area contributed by atoms with Crippen LogP contribution in [0.1, 0.15) is 5.82 Å². The van der Waals surface area contributed by atoms with Crippen molar-refractivity contribution < 1.29 is 4.79 Å². The number of aryl methyl sites for hydroxylation is 2. The van der Waals surface area contributed by atoms with Crippen molar-refractivity contribution in [3.8, 4) is 11.4 Å². The van der Waals surface area contributed by atoms with Gasteiger partial charge in [-0.1, -0.05) is 29.3 Å². The Morgan fingerprint density at radius 2 is 2.08 bits per heavy atom. The fourth-order valence-electron chi connectivity index (χ4n) is 2.24. The second-order valence-electron chi connectivity index (χ2n) is 5.13. The summed E-state index contributed by atoms with van der Waals surface area (Å²) in [7, 11) is 1.74. The molecule has 3 heterocycles. The van der Waals surface area contributed by atoms with Gasteiger partial charge in [0.1, 0.15) is 29.0 Å². The first kappa shape index (κ1) is 16.5. The lowest BCUT2D eigenvalue weighted by Gasteiger charge is -2.08. The van der Waals surface area contributed by atoms with E-state index in [1.807, 2.05) is 18.2 Å². The van der Waals surface area contributed by atoms with Crippen LogP contribution in [0, 0.1) is 6.92 Å². The Kier molecular flexibility index (Phi) is 4.55. The largest absolute Gasteiger partial charge is 0.309 e. The van der Waals surface area contributed by atoms with Gasteiger partial charge >= 0.3 is 0 Å². The smallest absolute Gasteiger partial charge is 0.245 e. The summed E-state index contributed by atoms with van der Waals surface area (Å²) in [4.78, 5) is 20.5. The highest BCUT2D eigenvalue weighted by Crippen LogP contribution is 2.23. The number of rotatable bonds is 4. The van der Waals surface area contributed by atoms with Gasteiger partial charge in [-0.25, -0.2) is 4.98 Å². The Labute approximate surface area is 148 Å². The summed E-state index contributed by atoms with van der Waals surface area (Å²) >= 11 is 11.9. The minimum atomic E-state index is -0.260. The van der Waals surface area contributed by atoms with Gasteiger partial charge in [-0.3, -0.25) is 14.5 Å². The van der Waals surface area contributed by atoms with Gasteiger partial charge in [0.15, 0.2) is 5.15 Å². The molecule has 1 N–H and O–H groups in total. The number of anilines is 1. The summed E-state index contributed by atoms with van der Waals surface area (Å²) in [6.07, 6.45) is 1.69. The number of aromatic nitrogens is 5. The van der Waals surface area contributed by atoms with Crippen molar-refractivity contribution in [3.05, 3.63) is 46.6 Å². The van der Waals surface area contributed by atoms with Gasteiger partial charge in [-0.2, -0.15) is 5.10 Å². The van der Waals surface area contributed by atoms with Gasteiger partial charge in [0.05, 0.1) is 5.69 Å². The fourth-order valence-corrected chi connectivity index (χ4v) is 2.68. The van der Waals surface area contributed by atoms with Gasteiger partial charge < -0.3 is 9.88 Å². The predicted octanol–water partition coefficient (Wildman–Crippen LogP) is 2.93. The zero-order valence-corrected chi connectivity index (χ0v) is 14.5. The summed E-state index contributed by atoms with van der Waals surface area (Å²) in [6.45, 7) is 1.74. The van der Waals surface area contributed by atoms with E-state index in [-0.39, 0.29) is 22.8 Å². The summed E-state index contributed by atoms with van der Waals surface area (Å²) in [5.41, 5.74) is 1.40. The lowest BCUT2D eigenvalue weighted by molar-refractivity contribution is -0.116. The van der Waals surface area contributed by atoms with E-state index in [9.17, 15) is 4.79 Å². The first-order valence-corrected chi connectivity index (χ1v) is 7.84. The first-order chi connectivity index (χ1) is 11.5. The average Bonchev–Trinajstić information content (AvgIpc) is 3.03. The highest BCUT2D eigenvalue weighted by molar-refractivity contribution is 6.40. The number of carbonyl (C=O) groups is 1. The normalized spacial score (nSPS) is 10.8. The molecule has 0 atom stereocenters. The number of nitrogens with zero attached hydrogens (tertiary/aromatic N) is 5. The van der Waals surface area contributed by atoms with Crippen LogP contribution in [0.4, 0.5) is 5.82 Å². The van der Waals surface area contributed by atoms with Crippen LogP contribution in [-0.4, -0.2) is 30.2 Å². The van der Waals surface area contributed by atoms with E-state index in [0.29, 0.717) is 17.3 Å². The van der Waals surface area contributed by atoms with E-state index in [2.05, 4.69) is 20.4 Å². The number of amides is 1. The molecule has 0 fully saturated rings. The Hall–Kier alpha value is -2.38. The zero-order valence-electron chi connectivity index (χ0n) is 13.0. The minimum Gasteiger partial charge on any atom is -0.309 e. The van der Waals surface area contributed by atoms with E-state index < -0.39 is 0 Å². The standard InChI is InChI=1S/C15H14Cl2N6O/c1-9-19-14(16)15(17)23(9)8-13(24)20-12-7-11(21-22(12)2)10-5-3-4-6-18-10/h3-7H,8H2,1-2H3,(H,20,24). The number of hydrogen-bond donors (Lipinski definition) is 1. The number of imidazole rings is 1. The molecule has 3 aromatic rings. The third-order valence-corrected chi connectivity index (χ3v) is 4.18. The lowest BCUT2D eigenvalue weighted by Crippen LogP contribution is -2.21. The van der Waals surface area contributed by atoms with Crippen LogP contribution >= 0.6 is 23.2 Å². The molecule has 24 heavy (non-hydrogen) atoms. The predicted molar refractivity (Wildman–Crippen MR) is 92.1 cm³/mol. The van der Waals surface area contributed by atoms with Crippen LogP contribution in [0.25, 0.3) is 11.4 Å². The molecule has 0 aromatic carbocycles. The zero-order chi connectivity index (χ0) is 17.3. The summed E-state index contributed by atoms with van der Waals surface area (Å²) in [5, 5.41) is 7.57. The maximum Gasteiger partial charge on any atom is 0.245 e.